The van der Waals surface area contributed by atoms with Crippen molar-refractivity contribution in [3.05, 3.63) is 35.9 Å². The Morgan fingerprint density at radius 1 is 1.38 bits per heavy atom. The van der Waals surface area contributed by atoms with E-state index in [2.05, 4.69) is 4.99 Å². The smallest absolute Gasteiger partial charge is 0.325 e. The first-order valence-corrected chi connectivity index (χ1v) is 7.15. The van der Waals surface area contributed by atoms with Gasteiger partial charge in [-0.3, -0.25) is 14.6 Å². The Balaban J connectivity index is 2.01. The highest BCUT2D eigenvalue weighted by Gasteiger charge is 2.34. The molecule has 0 saturated carbocycles. The number of benzene rings is 1. The zero-order valence-corrected chi connectivity index (χ0v) is 12.4. The molecule has 0 bridgehead atoms. The first kappa shape index (κ1) is 15.2. The van der Waals surface area contributed by atoms with Gasteiger partial charge < -0.3 is 9.64 Å². The predicted molar refractivity (Wildman–Crippen MR) is 80.0 cm³/mol. The van der Waals surface area contributed by atoms with Gasteiger partial charge in [0.15, 0.2) is 0 Å². The van der Waals surface area contributed by atoms with Crippen LogP contribution in [0.1, 0.15) is 19.4 Å². The number of hydrogen-bond donors (Lipinski definition) is 0. The maximum Gasteiger partial charge on any atom is 0.325 e. The average molecular weight is 288 g/mol. The van der Waals surface area contributed by atoms with Crippen LogP contribution in [0.25, 0.3) is 0 Å². The number of ether oxygens (including phenoxy) is 1. The minimum absolute atomic E-state index is 0.00136. The van der Waals surface area contributed by atoms with Crippen LogP contribution in [0, 0.1) is 5.92 Å². The van der Waals surface area contributed by atoms with Gasteiger partial charge in [-0.15, -0.1) is 0 Å². The van der Waals surface area contributed by atoms with E-state index < -0.39 is 0 Å². The molecule has 5 heteroatoms. The lowest BCUT2D eigenvalue weighted by atomic mass is 10.1. The maximum absolute atomic E-state index is 12.3. The van der Waals surface area contributed by atoms with Crippen molar-refractivity contribution >= 4 is 17.6 Å². The Morgan fingerprint density at radius 2 is 2.10 bits per heavy atom. The van der Waals surface area contributed by atoms with Gasteiger partial charge in [-0.05, 0) is 12.5 Å². The molecule has 1 heterocycles. The first-order valence-electron chi connectivity index (χ1n) is 7.15. The lowest BCUT2D eigenvalue weighted by Crippen LogP contribution is -2.33. The van der Waals surface area contributed by atoms with Crippen molar-refractivity contribution < 1.29 is 14.3 Å². The maximum atomic E-state index is 12.3. The van der Waals surface area contributed by atoms with Crippen LogP contribution in [-0.4, -0.2) is 42.2 Å². The van der Waals surface area contributed by atoms with Crippen LogP contribution in [-0.2, 0) is 20.9 Å². The first-order chi connectivity index (χ1) is 10.1. The molecule has 1 saturated heterocycles. The number of hydrogen-bond acceptors (Lipinski definition) is 4. The van der Waals surface area contributed by atoms with Crippen molar-refractivity contribution in [1.29, 1.82) is 0 Å². The van der Waals surface area contributed by atoms with Gasteiger partial charge in [0, 0.05) is 12.5 Å². The normalized spacial score (nSPS) is 20.1. The van der Waals surface area contributed by atoms with Gasteiger partial charge >= 0.3 is 5.97 Å². The molecule has 0 aliphatic carbocycles. The van der Waals surface area contributed by atoms with Crippen molar-refractivity contribution in [3.63, 3.8) is 0 Å². The van der Waals surface area contributed by atoms with Gasteiger partial charge in [0.05, 0.1) is 13.2 Å². The van der Waals surface area contributed by atoms with Crippen molar-refractivity contribution in [2.75, 3.05) is 19.7 Å². The third-order valence-corrected chi connectivity index (χ3v) is 3.37. The van der Waals surface area contributed by atoms with Crippen LogP contribution >= 0.6 is 0 Å². The fraction of sp³-hybridized carbons (Fsp3) is 0.438. The van der Waals surface area contributed by atoms with Crippen LogP contribution in [0.3, 0.4) is 0 Å². The number of carbonyl (C=O) groups excluding carboxylic acids is 2. The molecule has 1 aliphatic heterocycles. The Labute approximate surface area is 124 Å². The molecular formula is C16H20N2O3. The summed E-state index contributed by atoms with van der Waals surface area (Å²) in [4.78, 5) is 29.7. The summed E-state index contributed by atoms with van der Waals surface area (Å²) in [5.74, 6) is -0.496. The Kier molecular flexibility index (Phi) is 5.09. The highest BCUT2D eigenvalue weighted by atomic mass is 16.5. The number of amides is 1. The molecule has 0 aromatic heterocycles. The molecule has 21 heavy (non-hydrogen) atoms. The topological polar surface area (TPSA) is 59.0 Å². The molecule has 0 N–H and O–H groups in total. The van der Waals surface area contributed by atoms with E-state index >= 15 is 0 Å². The minimum atomic E-state index is -0.373. The zero-order valence-electron chi connectivity index (χ0n) is 12.4. The largest absolute Gasteiger partial charge is 0.465 e. The second-order valence-electron chi connectivity index (χ2n) is 5.08. The van der Waals surface area contributed by atoms with E-state index in [0.29, 0.717) is 25.4 Å². The highest BCUT2D eigenvalue weighted by molar-refractivity contribution is 6.41. The van der Waals surface area contributed by atoms with Gasteiger partial charge in [-0.2, -0.15) is 0 Å². The van der Waals surface area contributed by atoms with Crippen LogP contribution in [0.2, 0.25) is 0 Å². The molecule has 0 spiro atoms. The van der Waals surface area contributed by atoms with Gasteiger partial charge in [0.1, 0.15) is 12.3 Å². The predicted octanol–water partition coefficient (Wildman–Crippen LogP) is 1.67. The number of rotatable bonds is 5. The summed E-state index contributed by atoms with van der Waals surface area (Å²) in [5, 5.41) is 0. The van der Waals surface area contributed by atoms with E-state index in [0.717, 1.165) is 5.56 Å². The van der Waals surface area contributed by atoms with E-state index in [4.69, 9.17) is 4.74 Å². The standard InChI is InChI=1S/C16H20N2O3/c1-3-21-14(19)11-18-10-12(2)15(16(18)20)17-9-13-7-5-4-6-8-13/h4-8,12H,3,9-11H2,1-2H3. The molecule has 2 rings (SSSR count). The molecule has 5 nitrogen and oxygen atoms in total. The molecule has 1 aliphatic rings. The monoisotopic (exact) mass is 288 g/mol. The third kappa shape index (κ3) is 3.90. The number of likely N-dealkylation sites (tertiary alicyclic amines) is 1. The molecular weight excluding hydrogens is 268 g/mol. The van der Waals surface area contributed by atoms with Gasteiger partial charge in [0.25, 0.3) is 5.91 Å². The second-order valence-corrected chi connectivity index (χ2v) is 5.08. The summed E-state index contributed by atoms with van der Waals surface area (Å²) in [5.41, 5.74) is 1.61. The number of nitrogens with zero attached hydrogens (tertiary/aromatic N) is 2. The molecule has 1 amide bonds. The van der Waals surface area contributed by atoms with Crippen LogP contribution in [0.4, 0.5) is 0 Å². The summed E-state index contributed by atoms with van der Waals surface area (Å²) in [6.07, 6.45) is 0. The highest BCUT2D eigenvalue weighted by Crippen LogP contribution is 2.16. The summed E-state index contributed by atoms with van der Waals surface area (Å²) in [7, 11) is 0. The fourth-order valence-electron chi connectivity index (χ4n) is 2.35. The third-order valence-electron chi connectivity index (χ3n) is 3.37. The van der Waals surface area contributed by atoms with Crippen molar-refractivity contribution in [1.82, 2.24) is 4.90 Å². The summed E-state index contributed by atoms with van der Waals surface area (Å²) in [6.45, 7) is 5.03. The molecule has 112 valence electrons. The molecule has 1 unspecified atom stereocenters. The van der Waals surface area contributed by atoms with Crippen LogP contribution < -0.4 is 0 Å². The van der Waals surface area contributed by atoms with E-state index in [1.165, 1.54) is 4.90 Å². The van der Waals surface area contributed by atoms with Crippen molar-refractivity contribution in [3.8, 4) is 0 Å². The van der Waals surface area contributed by atoms with Crippen molar-refractivity contribution in [2.24, 2.45) is 10.9 Å². The lowest BCUT2D eigenvalue weighted by Gasteiger charge is -2.13. The van der Waals surface area contributed by atoms with E-state index in [9.17, 15) is 9.59 Å². The van der Waals surface area contributed by atoms with Gasteiger partial charge in [-0.25, -0.2) is 0 Å². The number of esters is 1. The quantitative estimate of drug-likeness (QED) is 0.774. The fourth-order valence-corrected chi connectivity index (χ4v) is 2.35. The average Bonchev–Trinajstić information content (AvgIpc) is 2.73. The molecule has 1 aromatic carbocycles. The van der Waals surface area contributed by atoms with Crippen molar-refractivity contribution in [2.45, 2.75) is 20.4 Å². The van der Waals surface area contributed by atoms with Gasteiger partial charge in [0.2, 0.25) is 0 Å². The lowest BCUT2D eigenvalue weighted by molar-refractivity contribution is -0.146. The summed E-state index contributed by atoms with van der Waals surface area (Å²) in [6, 6.07) is 9.79. The van der Waals surface area contributed by atoms with Crippen LogP contribution in [0.5, 0.6) is 0 Å². The number of carbonyl (C=O) groups is 2. The molecule has 1 atom stereocenters. The zero-order chi connectivity index (χ0) is 15.2. The second kappa shape index (κ2) is 7.02. The van der Waals surface area contributed by atoms with E-state index in [1.807, 2.05) is 37.3 Å². The SMILES string of the molecule is CCOC(=O)CN1CC(C)C(=NCc2ccccc2)C1=O. The Hall–Kier alpha value is -2.17. The Morgan fingerprint density at radius 3 is 2.76 bits per heavy atom. The molecule has 1 aromatic rings. The van der Waals surface area contributed by atoms with E-state index in [1.54, 1.807) is 6.92 Å². The van der Waals surface area contributed by atoms with Gasteiger partial charge in [-0.1, -0.05) is 37.3 Å². The summed E-state index contributed by atoms with van der Waals surface area (Å²) < 4.78 is 4.88. The minimum Gasteiger partial charge on any atom is -0.465 e. The Bertz CT molecular complexity index is 540. The molecule has 0 radical (unpaired) electrons. The summed E-state index contributed by atoms with van der Waals surface area (Å²) >= 11 is 0. The molecule has 1 fully saturated rings. The van der Waals surface area contributed by atoms with Crippen LogP contribution in [0.15, 0.2) is 35.3 Å². The number of aliphatic imine (C=N–C) groups is 1. The van der Waals surface area contributed by atoms with E-state index in [-0.39, 0.29) is 24.3 Å².